The molecule has 2 heterocycles. The first kappa shape index (κ1) is 15.2. The molecule has 0 radical (unpaired) electrons. The molecule has 3 rings (SSSR count). The van der Waals surface area contributed by atoms with Crippen LogP contribution in [0.25, 0.3) is 0 Å². The molecule has 4 nitrogen and oxygen atoms in total. The lowest BCUT2D eigenvalue weighted by atomic mass is 10.3. The highest BCUT2D eigenvalue weighted by Gasteiger charge is 2.23. The number of rotatable bonds is 6. The summed E-state index contributed by atoms with van der Waals surface area (Å²) in [6, 6.07) is 4.16. The molecule has 1 aliphatic carbocycles. The van der Waals surface area contributed by atoms with E-state index in [2.05, 4.69) is 54.4 Å². The van der Waals surface area contributed by atoms with Crippen LogP contribution in [0, 0.1) is 5.92 Å². The van der Waals surface area contributed by atoms with Crippen LogP contribution in [-0.2, 0) is 13.0 Å². The van der Waals surface area contributed by atoms with E-state index in [-0.39, 0.29) is 5.56 Å². The van der Waals surface area contributed by atoms with Crippen molar-refractivity contribution in [2.24, 2.45) is 5.92 Å². The van der Waals surface area contributed by atoms with Gasteiger partial charge in [-0.15, -0.1) is 11.3 Å². The second-order valence-electron chi connectivity index (χ2n) is 5.19. The van der Waals surface area contributed by atoms with E-state index < -0.39 is 0 Å². The highest BCUT2D eigenvalue weighted by molar-refractivity contribution is 9.11. The number of halogens is 2. The maximum atomic E-state index is 12.2. The molecule has 1 N–H and O–H groups in total. The van der Waals surface area contributed by atoms with E-state index in [0.29, 0.717) is 10.4 Å². The molecule has 2 aromatic heterocycles. The minimum absolute atomic E-state index is 0.0502. The molecule has 0 saturated heterocycles. The summed E-state index contributed by atoms with van der Waals surface area (Å²) in [4.78, 5) is 13.5. The van der Waals surface area contributed by atoms with Crippen LogP contribution in [0.15, 0.2) is 31.4 Å². The number of hydrogen-bond acceptors (Lipinski definition) is 4. The molecule has 21 heavy (non-hydrogen) atoms. The Morgan fingerprint density at radius 3 is 2.86 bits per heavy atom. The molecular weight excluding hydrogens is 418 g/mol. The minimum atomic E-state index is -0.0502. The Kier molecular flexibility index (Phi) is 4.81. The third kappa shape index (κ3) is 3.96. The van der Waals surface area contributed by atoms with Crippen molar-refractivity contribution in [1.29, 1.82) is 0 Å². The second kappa shape index (κ2) is 6.62. The van der Waals surface area contributed by atoms with Gasteiger partial charge in [0.05, 0.1) is 15.7 Å². The summed E-state index contributed by atoms with van der Waals surface area (Å²) >= 11 is 8.58. The lowest BCUT2D eigenvalue weighted by Crippen LogP contribution is -2.25. The van der Waals surface area contributed by atoms with Gasteiger partial charge in [-0.25, -0.2) is 4.68 Å². The number of nitrogens with one attached hydrogen (secondary N) is 1. The zero-order valence-electron chi connectivity index (χ0n) is 11.3. The van der Waals surface area contributed by atoms with Crippen LogP contribution >= 0.6 is 43.2 Å². The molecule has 1 aliphatic rings. The second-order valence-corrected chi connectivity index (χ2v) is 8.53. The zero-order valence-corrected chi connectivity index (χ0v) is 15.3. The molecule has 0 unspecified atom stereocenters. The van der Waals surface area contributed by atoms with E-state index in [1.165, 1.54) is 17.7 Å². The lowest BCUT2D eigenvalue weighted by molar-refractivity contribution is 0.532. The number of thiophene rings is 1. The van der Waals surface area contributed by atoms with Gasteiger partial charge in [-0.3, -0.25) is 4.79 Å². The van der Waals surface area contributed by atoms with Crippen molar-refractivity contribution in [2.75, 3.05) is 11.9 Å². The van der Waals surface area contributed by atoms with Crippen LogP contribution in [0.5, 0.6) is 0 Å². The molecule has 0 amide bonds. The molecule has 1 fully saturated rings. The summed E-state index contributed by atoms with van der Waals surface area (Å²) in [5, 5.41) is 7.53. The van der Waals surface area contributed by atoms with Gasteiger partial charge in [0.15, 0.2) is 0 Å². The van der Waals surface area contributed by atoms with Crippen LogP contribution in [-0.4, -0.2) is 16.3 Å². The van der Waals surface area contributed by atoms with Gasteiger partial charge < -0.3 is 5.32 Å². The fraction of sp³-hybridized carbons (Fsp3) is 0.429. The van der Waals surface area contributed by atoms with Gasteiger partial charge in [-0.05, 0) is 69.2 Å². The molecule has 2 aromatic rings. The van der Waals surface area contributed by atoms with Crippen molar-refractivity contribution in [3.63, 3.8) is 0 Å². The first-order valence-corrected chi connectivity index (χ1v) is 9.27. The highest BCUT2D eigenvalue weighted by Crippen LogP contribution is 2.30. The van der Waals surface area contributed by atoms with Crippen LogP contribution < -0.4 is 10.9 Å². The first-order valence-electron chi connectivity index (χ1n) is 6.87. The summed E-state index contributed by atoms with van der Waals surface area (Å²) in [6.07, 6.45) is 5.08. The number of hydrogen-bond donors (Lipinski definition) is 1. The Hall–Kier alpha value is -0.660. The van der Waals surface area contributed by atoms with Gasteiger partial charge in [-0.1, -0.05) is 0 Å². The van der Waals surface area contributed by atoms with Gasteiger partial charge >= 0.3 is 0 Å². The predicted octanol–water partition coefficient (Wildman–Crippen LogP) is 3.89. The predicted molar refractivity (Wildman–Crippen MR) is 93.1 cm³/mol. The average molecular weight is 433 g/mol. The van der Waals surface area contributed by atoms with Crippen molar-refractivity contribution in [3.8, 4) is 0 Å². The quantitative estimate of drug-likeness (QED) is 0.752. The fourth-order valence-electron chi connectivity index (χ4n) is 2.07. The van der Waals surface area contributed by atoms with E-state index in [1.54, 1.807) is 22.2 Å². The molecule has 7 heteroatoms. The molecule has 1 saturated carbocycles. The highest BCUT2D eigenvalue weighted by atomic mass is 79.9. The Morgan fingerprint density at radius 1 is 1.38 bits per heavy atom. The minimum Gasteiger partial charge on any atom is -0.382 e. The maximum absolute atomic E-state index is 12.2. The van der Waals surface area contributed by atoms with E-state index in [9.17, 15) is 4.79 Å². The number of anilines is 1. The smallest absolute Gasteiger partial charge is 0.283 e. The Balaban J connectivity index is 1.62. The largest absolute Gasteiger partial charge is 0.382 e. The first-order chi connectivity index (χ1) is 10.1. The molecule has 0 bridgehead atoms. The van der Waals surface area contributed by atoms with Gasteiger partial charge in [0, 0.05) is 18.0 Å². The topological polar surface area (TPSA) is 46.9 Å². The third-order valence-electron chi connectivity index (χ3n) is 3.43. The van der Waals surface area contributed by atoms with E-state index in [0.717, 1.165) is 29.0 Å². The molecule has 112 valence electrons. The van der Waals surface area contributed by atoms with Crippen LogP contribution in [0.1, 0.15) is 17.7 Å². The summed E-state index contributed by atoms with van der Waals surface area (Å²) in [7, 11) is 0. The third-order valence-corrected chi connectivity index (χ3v) is 5.88. The SMILES string of the molecule is O=c1c(Br)c(NCCc2ccc(Br)s2)cnn1CC1CC1. The van der Waals surface area contributed by atoms with Crippen LogP contribution in [0.3, 0.4) is 0 Å². The Morgan fingerprint density at radius 2 is 2.19 bits per heavy atom. The normalized spacial score (nSPS) is 14.4. The molecule has 0 aromatic carbocycles. The van der Waals surface area contributed by atoms with E-state index in [1.807, 2.05) is 0 Å². The Labute approximate surface area is 143 Å². The van der Waals surface area contributed by atoms with Crippen molar-refractivity contribution < 1.29 is 0 Å². The maximum Gasteiger partial charge on any atom is 0.283 e. The van der Waals surface area contributed by atoms with E-state index in [4.69, 9.17) is 0 Å². The fourth-order valence-corrected chi connectivity index (χ4v) is 4.00. The van der Waals surface area contributed by atoms with Crippen molar-refractivity contribution in [1.82, 2.24) is 9.78 Å². The molecular formula is C14H15Br2N3OS. The van der Waals surface area contributed by atoms with E-state index >= 15 is 0 Å². The zero-order chi connectivity index (χ0) is 14.8. The Bertz CT molecular complexity index is 694. The average Bonchev–Trinajstić information content (AvgIpc) is 3.19. The van der Waals surface area contributed by atoms with Gasteiger partial charge in [-0.2, -0.15) is 5.10 Å². The van der Waals surface area contributed by atoms with Gasteiger partial charge in [0.1, 0.15) is 4.47 Å². The number of nitrogens with zero attached hydrogens (tertiary/aromatic N) is 2. The van der Waals surface area contributed by atoms with Crippen LogP contribution in [0.4, 0.5) is 5.69 Å². The lowest BCUT2D eigenvalue weighted by Gasteiger charge is -2.09. The molecule has 0 spiro atoms. The monoisotopic (exact) mass is 431 g/mol. The summed E-state index contributed by atoms with van der Waals surface area (Å²) < 4.78 is 3.28. The summed E-state index contributed by atoms with van der Waals surface area (Å²) in [5.41, 5.74) is 0.716. The van der Waals surface area contributed by atoms with Gasteiger partial charge in [0.25, 0.3) is 5.56 Å². The van der Waals surface area contributed by atoms with Crippen molar-refractivity contribution >= 4 is 48.9 Å². The number of aromatic nitrogens is 2. The van der Waals surface area contributed by atoms with Gasteiger partial charge in [0.2, 0.25) is 0 Å². The molecule has 0 aliphatic heterocycles. The molecule has 0 atom stereocenters. The summed E-state index contributed by atoms with van der Waals surface area (Å²) in [6.45, 7) is 1.51. The van der Waals surface area contributed by atoms with Crippen molar-refractivity contribution in [3.05, 3.63) is 41.8 Å². The van der Waals surface area contributed by atoms with Crippen LogP contribution in [0.2, 0.25) is 0 Å². The standard InChI is InChI=1S/C14H15Br2N3OS/c15-12-4-3-10(21-12)5-6-17-11-7-18-19(8-9-1-2-9)14(20)13(11)16/h3-4,7,9,17H,1-2,5-6,8H2. The van der Waals surface area contributed by atoms with Crippen molar-refractivity contribution in [2.45, 2.75) is 25.8 Å². The summed E-state index contributed by atoms with van der Waals surface area (Å²) in [5.74, 6) is 0.637.